The van der Waals surface area contributed by atoms with Crippen LogP contribution in [-0.2, 0) is 6.54 Å². The maximum Gasteiger partial charge on any atom is 0.193 e. The molecule has 140 valence electrons. The van der Waals surface area contributed by atoms with Crippen LogP contribution in [0.25, 0.3) is 0 Å². The van der Waals surface area contributed by atoms with Crippen molar-refractivity contribution in [3.8, 4) is 5.75 Å². The van der Waals surface area contributed by atoms with E-state index >= 15 is 0 Å². The second kappa shape index (κ2) is 8.37. The molecule has 0 saturated carbocycles. The van der Waals surface area contributed by atoms with Crippen molar-refractivity contribution < 1.29 is 14.6 Å². The lowest BCUT2D eigenvalue weighted by Gasteiger charge is -2.14. The van der Waals surface area contributed by atoms with E-state index in [1.165, 1.54) is 0 Å². The average molecular weight is 385 g/mol. The molecule has 1 N–H and O–H groups in total. The van der Waals surface area contributed by atoms with Gasteiger partial charge >= 0.3 is 0 Å². The maximum atomic E-state index is 12.4. The van der Waals surface area contributed by atoms with Gasteiger partial charge in [0.05, 0.1) is 23.0 Å². The summed E-state index contributed by atoms with van der Waals surface area (Å²) in [6.45, 7) is 4.09. The van der Waals surface area contributed by atoms with Gasteiger partial charge in [0.15, 0.2) is 5.78 Å². The van der Waals surface area contributed by atoms with Crippen molar-refractivity contribution in [2.45, 2.75) is 26.5 Å². The van der Waals surface area contributed by atoms with Crippen LogP contribution in [0.2, 0.25) is 5.02 Å². The molecule has 1 aromatic heterocycles. The van der Waals surface area contributed by atoms with Crippen molar-refractivity contribution in [3.05, 3.63) is 82.1 Å². The standard InChI is InChI=1S/C21H21ClN2O3/c1-14-20(22)15(2)24(23-14)12-18(25)13-27-19-10-8-17(9-11-19)21(26)16-6-4-3-5-7-16/h3-11,18,25H,12-13H2,1-2H3/t18-/m0/s1. The Morgan fingerprint density at radius 3 is 2.33 bits per heavy atom. The van der Waals surface area contributed by atoms with Crippen LogP contribution >= 0.6 is 11.6 Å². The van der Waals surface area contributed by atoms with Crippen LogP contribution in [0.4, 0.5) is 0 Å². The number of aryl methyl sites for hydroxylation is 1. The van der Waals surface area contributed by atoms with Crippen molar-refractivity contribution >= 4 is 17.4 Å². The van der Waals surface area contributed by atoms with Gasteiger partial charge in [0.25, 0.3) is 0 Å². The quantitative estimate of drug-likeness (QED) is 0.629. The molecule has 3 aromatic rings. The van der Waals surface area contributed by atoms with Crippen molar-refractivity contribution in [3.63, 3.8) is 0 Å². The first kappa shape index (κ1) is 19.1. The molecule has 0 radical (unpaired) electrons. The Bertz CT molecular complexity index is 921. The third-order valence-electron chi connectivity index (χ3n) is 4.27. The summed E-state index contributed by atoms with van der Waals surface area (Å²) in [6, 6.07) is 16.0. The third-order valence-corrected chi connectivity index (χ3v) is 4.82. The second-order valence-electron chi connectivity index (χ2n) is 6.35. The monoisotopic (exact) mass is 384 g/mol. The van der Waals surface area contributed by atoms with Crippen LogP contribution in [0.3, 0.4) is 0 Å². The molecule has 27 heavy (non-hydrogen) atoms. The first-order chi connectivity index (χ1) is 13.0. The van der Waals surface area contributed by atoms with E-state index in [9.17, 15) is 9.90 Å². The van der Waals surface area contributed by atoms with Gasteiger partial charge in [-0.2, -0.15) is 5.10 Å². The summed E-state index contributed by atoms with van der Waals surface area (Å²) >= 11 is 6.12. The van der Waals surface area contributed by atoms with E-state index in [2.05, 4.69) is 5.10 Å². The summed E-state index contributed by atoms with van der Waals surface area (Å²) in [5.41, 5.74) is 2.79. The number of aliphatic hydroxyl groups is 1. The number of benzene rings is 2. The van der Waals surface area contributed by atoms with E-state index in [1.807, 2.05) is 32.0 Å². The molecule has 1 heterocycles. The Kier molecular flexibility index (Phi) is 5.94. The number of carbonyl (C=O) groups excluding carboxylic acids is 1. The Morgan fingerprint density at radius 2 is 1.74 bits per heavy atom. The van der Waals surface area contributed by atoms with Crippen molar-refractivity contribution in [1.82, 2.24) is 9.78 Å². The van der Waals surface area contributed by atoms with Crippen LogP contribution in [0.1, 0.15) is 27.3 Å². The summed E-state index contributed by atoms with van der Waals surface area (Å²) in [4.78, 5) is 12.4. The number of aromatic nitrogens is 2. The molecule has 6 heteroatoms. The second-order valence-corrected chi connectivity index (χ2v) is 6.73. The van der Waals surface area contributed by atoms with Crippen LogP contribution in [0.5, 0.6) is 5.75 Å². The van der Waals surface area contributed by atoms with Crippen LogP contribution < -0.4 is 4.74 Å². The predicted octanol–water partition coefficient (Wildman–Crippen LogP) is 3.82. The molecular weight excluding hydrogens is 364 g/mol. The highest BCUT2D eigenvalue weighted by Crippen LogP contribution is 2.19. The Balaban J connectivity index is 1.57. The summed E-state index contributed by atoms with van der Waals surface area (Å²) < 4.78 is 7.30. The van der Waals surface area contributed by atoms with Gasteiger partial charge in [-0.15, -0.1) is 0 Å². The topological polar surface area (TPSA) is 64.3 Å². The van der Waals surface area contributed by atoms with Crippen LogP contribution in [0, 0.1) is 13.8 Å². The molecule has 0 fully saturated rings. The number of halogens is 1. The predicted molar refractivity (Wildman–Crippen MR) is 105 cm³/mol. The molecule has 0 unspecified atom stereocenters. The molecule has 0 saturated heterocycles. The molecule has 3 rings (SSSR count). The lowest BCUT2D eigenvalue weighted by atomic mass is 10.0. The van der Waals surface area contributed by atoms with Gasteiger partial charge in [0.1, 0.15) is 18.5 Å². The van der Waals surface area contributed by atoms with Crippen molar-refractivity contribution in [2.24, 2.45) is 0 Å². The highest BCUT2D eigenvalue weighted by atomic mass is 35.5. The van der Waals surface area contributed by atoms with Crippen molar-refractivity contribution in [2.75, 3.05) is 6.61 Å². The number of aliphatic hydroxyl groups excluding tert-OH is 1. The Labute approximate surface area is 163 Å². The maximum absolute atomic E-state index is 12.4. The Hall–Kier alpha value is -2.63. The highest BCUT2D eigenvalue weighted by molar-refractivity contribution is 6.31. The summed E-state index contributed by atoms with van der Waals surface area (Å²) in [5, 5.41) is 15.1. The molecule has 0 aliphatic carbocycles. The van der Waals surface area contributed by atoms with E-state index in [0.29, 0.717) is 28.4 Å². The average Bonchev–Trinajstić information content (AvgIpc) is 2.93. The summed E-state index contributed by atoms with van der Waals surface area (Å²) in [5.74, 6) is 0.550. The SMILES string of the molecule is Cc1nn(C[C@H](O)COc2ccc(C(=O)c3ccccc3)cc2)c(C)c1Cl. The fraction of sp³-hybridized carbons (Fsp3) is 0.238. The van der Waals surface area contributed by atoms with E-state index in [0.717, 1.165) is 11.4 Å². The molecule has 2 aromatic carbocycles. The summed E-state index contributed by atoms with van der Waals surface area (Å²) in [7, 11) is 0. The smallest absolute Gasteiger partial charge is 0.193 e. The van der Waals surface area contributed by atoms with E-state index in [1.54, 1.807) is 41.1 Å². The van der Waals surface area contributed by atoms with Crippen molar-refractivity contribution in [1.29, 1.82) is 0 Å². The minimum absolute atomic E-state index is 0.0383. The fourth-order valence-corrected chi connectivity index (χ4v) is 2.89. The lowest BCUT2D eigenvalue weighted by molar-refractivity contribution is 0.0886. The van der Waals surface area contributed by atoms with Crippen LogP contribution in [0.15, 0.2) is 54.6 Å². The molecule has 0 bridgehead atoms. The van der Waals surface area contributed by atoms with Gasteiger partial charge in [0, 0.05) is 11.1 Å². The van der Waals surface area contributed by atoms with Gasteiger partial charge in [-0.05, 0) is 38.1 Å². The Morgan fingerprint density at radius 1 is 1.11 bits per heavy atom. The molecule has 5 nitrogen and oxygen atoms in total. The highest BCUT2D eigenvalue weighted by Gasteiger charge is 2.14. The van der Waals surface area contributed by atoms with Gasteiger partial charge in [-0.25, -0.2) is 0 Å². The molecule has 0 amide bonds. The van der Waals surface area contributed by atoms with E-state index < -0.39 is 6.10 Å². The number of rotatable bonds is 7. The minimum atomic E-state index is -0.732. The molecule has 1 atom stereocenters. The number of nitrogens with zero attached hydrogens (tertiary/aromatic N) is 2. The number of hydrogen-bond donors (Lipinski definition) is 1. The minimum Gasteiger partial charge on any atom is -0.491 e. The number of hydrogen-bond acceptors (Lipinski definition) is 4. The van der Waals surface area contributed by atoms with Gasteiger partial charge in [0.2, 0.25) is 0 Å². The number of carbonyl (C=O) groups is 1. The number of ether oxygens (including phenoxy) is 1. The largest absolute Gasteiger partial charge is 0.491 e. The zero-order valence-electron chi connectivity index (χ0n) is 15.2. The fourth-order valence-electron chi connectivity index (χ4n) is 2.76. The third kappa shape index (κ3) is 4.56. The lowest BCUT2D eigenvalue weighted by Crippen LogP contribution is -2.24. The number of ketones is 1. The first-order valence-electron chi connectivity index (χ1n) is 8.66. The zero-order valence-corrected chi connectivity index (χ0v) is 16.0. The summed E-state index contributed by atoms with van der Waals surface area (Å²) in [6.07, 6.45) is -0.732. The normalized spacial score (nSPS) is 12.0. The van der Waals surface area contributed by atoms with E-state index in [4.69, 9.17) is 16.3 Å². The van der Waals surface area contributed by atoms with Gasteiger partial charge < -0.3 is 9.84 Å². The first-order valence-corrected chi connectivity index (χ1v) is 9.03. The van der Waals surface area contributed by atoms with E-state index in [-0.39, 0.29) is 12.4 Å². The van der Waals surface area contributed by atoms with Gasteiger partial charge in [-0.3, -0.25) is 9.48 Å². The molecule has 0 aliphatic heterocycles. The molecule has 0 aliphatic rings. The zero-order chi connectivity index (χ0) is 19.4. The van der Waals surface area contributed by atoms with Crippen LogP contribution in [-0.4, -0.2) is 33.4 Å². The molecular formula is C21H21ClN2O3. The molecule has 0 spiro atoms. The van der Waals surface area contributed by atoms with Gasteiger partial charge in [-0.1, -0.05) is 41.9 Å².